The summed E-state index contributed by atoms with van der Waals surface area (Å²) in [6.45, 7) is 2.88. The van der Waals surface area contributed by atoms with E-state index in [4.69, 9.17) is 16.3 Å². The van der Waals surface area contributed by atoms with Crippen LogP contribution in [0.2, 0.25) is 5.02 Å². The number of amides is 1. The third kappa shape index (κ3) is 3.57. The molecule has 0 aromatic heterocycles. The third-order valence-electron chi connectivity index (χ3n) is 3.33. The standard InChI is InChI=1S/C14H18ClNO2S/c1-14(6-3-7-19-14)9-16-13(17)11-5-4-10(15)8-12(11)18-2/h4-5,8H,3,6-7,9H2,1-2H3,(H,16,17)/t14-/m1/s1. The number of thioether (sulfide) groups is 1. The summed E-state index contributed by atoms with van der Waals surface area (Å²) in [5.74, 6) is 1.58. The van der Waals surface area contributed by atoms with Gasteiger partial charge in [0.15, 0.2) is 0 Å². The van der Waals surface area contributed by atoms with Gasteiger partial charge in [-0.2, -0.15) is 11.8 Å². The van der Waals surface area contributed by atoms with Gasteiger partial charge in [-0.3, -0.25) is 4.79 Å². The fourth-order valence-corrected chi connectivity index (χ4v) is 3.60. The van der Waals surface area contributed by atoms with E-state index in [-0.39, 0.29) is 10.7 Å². The molecule has 1 aromatic rings. The summed E-state index contributed by atoms with van der Waals surface area (Å²) in [5, 5.41) is 3.55. The molecule has 1 heterocycles. The Labute approximate surface area is 123 Å². The van der Waals surface area contributed by atoms with Gasteiger partial charge in [0.2, 0.25) is 0 Å². The molecule has 1 amide bonds. The smallest absolute Gasteiger partial charge is 0.255 e. The lowest BCUT2D eigenvalue weighted by molar-refractivity contribution is 0.0947. The van der Waals surface area contributed by atoms with Crippen LogP contribution in [0.1, 0.15) is 30.1 Å². The predicted molar refractivity (Wildman–Crippen MR) is 80.4 cm³/mol. The van der Waals surface area contributed by atoms with Crippen LogP contribution in [0.15, 0.2) is 18.2 Å². The molecule has 3 nitrogen and oxygen atoms in total. The Bertz CT molecular complexity index is 473. The minimum atomic E-state index is -0.109. The van der Waals surface area contributed by atoms with Crippen molar-refractivity contribution in [1.82, 2.24) is 5.32 Å². The number of nitrogens with one attached hydrogen (secondary N) is 1. The number of methoxy groups -OCH3 is 1. The van der Waals surface area contributed by atoms with Crippen molar-refractivity contribution in [2.45, 2.75) is 24.5 Å². The molecule has 1 saturated heterocycles. The van der Waals surface area contributed by atoms with Crippen LogP contribution in [0.4, 0.5) is 0 Å². The van der Waals surface area contributed by atoms with Gasteiger partial charge < -0.3 is 10.1 Å². The second kappa shape index (κ2) is 6.06. The number of carbonyl (C=O) groups is 1. The van der Waals surface area contributed by atoms with E-state index in [0.29, 0.717) is 22.9 Å². The van der Waals surface area contributed by atoms with Crippen LogP contribution in [0.25, 0.3) is 0 Å². The zero-order chi connectivity index (χ0) is 13.9. The first-order chi connectivity index (χ1) is 9.04. The molecule has 0 radical (unpaired) electrons. The van der Waals surface area contributed by atoms with Gasteiger partial charge in [-0.05, 0) is 43.7 Å². The molecular formula is C14H18ClNO2S. The molecule has 0 saturated carbocycles. The lowest BCUT2D eigenvalue weighted by atomic mass is 10.1. The molecule has 1 N–H and O–H groups in total. The van der Waals surface area contributed by atoms with Gasteiger partial charge >= 0.3 is 0 Å². The number of hydrogen-bond donors (Lipinski definition) is 1. The number of halogens is 1. The molecule has 0 bridgehead atoms. The number of benzene rings is 1. The minimum absolute atomic E-state index is 0.109. The Hall–Kier alpha value is -0.870. The zero-order valence-electron chi connectivity index (χ0n) is 11.2. The van der Waals surface area contributed by atoms with Crippen LogP contribution >= 0.6 is 23.4 Å². The molecule has 19 heavy (non-hydrogen) atoms. The summed E-state index contributed by atoms with van der Waals surface area (Å²) in [4.78, 5) is 12.2. The second-order valence-corrected chi connectivity index (χ2v) is 7.05. The summed E-state index contributed by atoms with van der Waals surface area (Å²) in [6.07, 6.45) is 2.37. The summed E-state index contributed by atoms with van der Waals surface area (Å²) in [6, 6.07) is 5.05. The van der Waals surface area contributed by atoms with Gasteiger partial charge in [0.1, 0.15) is 5.75 Å². The maximum Gasteiger partial charge on any atom is 0.255 e. The fraction of sp³-hybridized carbons (Fsp3) is 0.500. The van der Waals surface area contributed by atoms with Crippen molar-refractivity contribution < 1.29 is 9.53 Å². The van der Waals surface area contributed by atoms with Crippen molar-refractivity contribution in [2.75, 3.05) is 19.4 Å². The van der Waals surface area contributed by atoms with Gasteiger partial charge in [0.25, 0.3) is 5.91 Å². The Morgan fingerprint density at radius 1 is 1.58 bits per heavy atom. The maximum atomic E-state index is 12.2. The average molecular weight is 300 g/mol. The summed E-state index contributed by atoms with van der Waals surface area (Å²) in [5.41, 5.74) is 0.526. The largest absolute Gasteiger partial charge is 0.496 e. The molecule has 0 aliphatic carbocycles. The third-order valence-corrected chi connectivity index (χ3v) is 5.10. The van der Waals surface area contributed by atoms with Crippen molar-refractivity contribution in [1.29, 1.82) is 0 Å². The molecular weight excluding hydrogens is 282 g/mol. The van der Waals surface area contributed by atoms with Gasteiger partial charge in [-0.1, -0.05) is 11.6 Å². The molecule has 1 aliphatic heterocycles. The Morgan fingerprint density at radius 2 is 2.37 bits per heavy atom. The highest BCUT2D eigenvalue weighted by Crippen LogP contribution is 2.37. The van der Waals surface area contributed by atoms with E-state index in [1.165, 1.54) is 19.3 Å². The van der Waals surface area contributed by atoms with Gasteiger partial charge in [-0.25, -0.2) is 0 Å². The predicted octanol–water partition coefficient (Wildman–Crippen LogP) is 3.36. The Balaban J connectivity index is 2.03. The van der Waals surface area contributed by atoms with Crippen molar-refractivity contribution in [3.8, 4) is 5.75 Å². The Kier molecular flexibility index (Phi) is 4.63. The van der Waals surface area contributed by atoms with E-state index in [0.717, 1.165) is 6.42 Å². The summed E-state index contributed by atoms with van der Waals surface area (Å²) >= 11 is 7.82. The first kappa shape index (κ1) is 14.5. The van der Waals surface area contributed by atoms with Crippen LogP contribution < -0.4 is 10.1 Å². The molecule has 5 heteroatoms. The van der Waals surface area contributed by atoms with Crippen molar-refractivity contribution in [2.24, 2.45) is 0 Å². The molecule has 104 valence electrons. The molecule has 1 atom stereocenters. The second-order valence-electron chi connectivity index (χ2n) is 4.93. The summed E-state index contributed by atoms with van der Waals surface area (Å²) < 4.78 is 5.36. The number of hydrogen-bond acceptors (Lipinski definition) is 3. The Morgan fingerprint density at radius 3 is 3.00 bits per heavy atom. The molecule has 1 fully saturated rings. The quantitative estimate of drug-likeness (QED) is 0.926. The minimum Gasteiger partial charge on any atom is -0.496 e. The average Bonchev–Trinajstić information content (AvgIpc) is 2.83. The molecule has 0 spiro atoms. The van der Waals surface area contributed by atoms with Crippen molar-refractivity contribution >= 4 is 29.3 Å². The normalized spacial score (nSPS) is 22.3. The topological polar surface area (TPSA) is 38.3 Å². The number of carbonyl (C=O) groups excluding carboxylic acids is 1. The van der Waals surface area contributed by atoms with Crippen LogP contribution in [0.5, 0.6) is 5.75 Å². The van der Waals surface area contributed by atoms with E-state index < -0.39 is 0 Å². The van der Waals surface area contributed by atoms with Gasteiger partial charge in [0.05, 0.1) is 12.7 Å². The lowest BCUT2D eigenvalue weighted by Crippen LogP contribution is -2.36. The van der Waals surface area contributed by atoms with Gasteiger partial charge in [0, 0.05) is 16.3 Å². The SMILES string of the molecule is COc1cc(Cl)ccc1C(=O)NC[C@@]1(C)CCCS1. The van der Waals surface area contributed by atoms with Gasteiger partial charge in [-0.15, -0.1) is 0 Å². The van der Waals surface area contributed by atoms with E-state index >= 15 is 0 Å². The van der Waals surface area contributed by atoms with Crippen molar-refractivity contribution in [3.05, 3.63) is 28.8 Å². The maximum absolute atomic E-state index is 12.2. The van der Waals surface area contributed by atoms with Crippen LogP contribution in [-0.4, -0.2) is 30.1 Å². The number of rotatable bonds is 4. The zero-order valence-corrected chi connectivity index (χ0v) is 12.7. The summed E-state index contributed by atoms with van der Waals surface area (Å²) in [7, 11) is 1.54. The molecule has 1 aromatic carbocycles. The van der Waals surface area contributed by atoms with Crippen LogP contribution in [0.3, 0.4) is 0 Å². The fourth-order valence-electron chi connectivity index (χ4n) is 2.19. The van der Waals surface area contributed by atoms with Crippen molar-refractivity contribution in [3.63, 3.8) is 0 Å². The first-order valence-corrected chi connectivity index (χ1v) is 7.66. The first-order valence-electron chi connectivity index (χ1n) is 6.30. The highest BCUT2D eigenvalue weighted by Gasteiger charge is 2.30. The van der Waals surface area contributed by atoms with Crippen LogP contribution in [0, 0.1) is 0 Å². The van der Waals surface area contributed by atoms with Crippen LogP contribution in [-0.2, 0) is 0 Å². The van der Waals surface area contributed by atoms with E-state index in [1.54, 1.807) is 18.2 Å². The molecule has 2 rings (SSSR count). The number of ether oxygens (including phenoxy) is 1. The van der Waals surface area contributed by atoms with E-state index in [9.17, 15) is 4.79 Å². The monoisotopic (exact) mass is 299 g/mol. The molecule has 0 unspecified atom stereocenters. The van der Waals surface area contributed by atoms with E-state index in [1.807, 2.05) is 11.8 Å². The highest BCUT2D eigenvalue weighted by molar-refractivity contribution is 8.00. The lowest BCUT2D eigenvalue weighted by Gasteiger charge is -2.23. The molecule has 1 aliphatic rings. The van der Waals surface area contributed by atoms with E-state index in [2.05, 4.69) is 12.2 Å². The highest BCUT2D eigenvalue weighted by atomic mass is 35.5.